The van der Waals surface area contributed by atoms with E-state index in [-0.39, 0.29) is 15.8 Å². The number of carbonyl (C=O) groups excluding carboxylic acids is 1. The van der Waals surface area contributed by atoms with Crippen molar-refractivity contribution in [2.45, 2.75) is 32.1 Å². The summed E-state index contributed by atoms with van der Waals surface area (Å²) in [6, 6.07) is 4.46. The number of hydrogen-bond acceptors (Lipinski definition) is 1. The summed E-state index contributed by atoms with van der Waals surface area (Å²) in [7, 11) is 0. The Morgan fingerprint density at radius 2 is 2.05 bits per heavy atom. The van der Waals surface area contributed by atoms with Crippen LogP contribution in [0, 0.1) is 11.2 Å². The van der Waals surface area contributed by atoms with Crippen molar-refractivity contribution in [2.75, 3.05) is 12.4 Å². The fraction of sp³-hybridized carbons (Fsp3) is 0.533. The zero-order valence-corrected chi connectivity index (χ0v) is 13.6. The number of carbonyl (C=O) groups is 1. The van der Waals surface area contributed by atoms with Gasteiger partial charge in [-0.05, 0) is 40.9 Å². The Morgan fingerprint density at radius 3 is 2.70 bits per heavy atom. The molecule has 1 aliphatic carbocycles. The summed E-state index contributed by atoms with van der Waals surface area (Å²) in [5, 5.41) is 2.91. The molecule has 1 saturated carbocycles. The van der Waals surface area contributed by atoms with Crippen molar-refractivity contribution in [1.82, 2.24) is 5.32 Å². The molecule has 0 radical (unpaired) electrons. The summed E-state index contributed by atoms with van der Waals surface area (Å²) in [4.78, 5) is 12.2. The van der Waals surface area contributed by atoms with Crippen LogP contribution >= 0.6 is 27.5 Å². The van der Waals surface area contributed by atoms with Crippen molar-refractivity contribution in [3.8, 4) is 0 Å². The Hall–Kier alpha value is -0.610. The van der Waals surface area contributed by atoms with Crippen molar-refractivity contribution in [3.05, 3.63) is 34.1 Å². The molecular weight excluding hydrogens is 345 g/mol. The van der Waals surface area contributed by atoms with E-state index in [1.165, 1.54) is 18.6 Å². The summed E-state index contributed by atoms with van der Waals surface area (Å²) in [5.74, 6) is -0.133. The molecule has 1 fully saturated rings. The van der Waals surface area contributed by atoms with Crippen LogP contribution in [0.3, 0.4) is 0 Å². The number of nitrogens with one attached hydrogen (secondary N) is 1. The first-order valence-electron chi connectivity index (χ1n) is 6.86. The van der Waals surface area contributed by atoms with E-state index in [1.807, 2.05) is 0 Å². The molecule has 0 spiro atoms. The predicted molar refractivity (Wildman–Crippen MR) is 82.7 cm³/mol. The molecule has 0 bridgehead atoms. The van der Waals surface area contributed by atoms with Crippen molar-refractivity contribution in [1.29, 1.82) is 0 Å². The largest absolute Gasteiger partial charge is 0.351 e. The zero-order chi connectivity index (χ0) is 14.6. The molecule has 0 heterocycles. The van der Waals surface area contributed by atoms with E-state index < -0.39 is 5.82 Å². The van der Waals surface area contributed by atoms with Crippen LogP contribution in [-0.2, 0) is 0 Å². The lowest BCUT2D eigenvalue weighted by Gasteiger charge is -2.35. The van der Waals surface area contributed by atoms with E-state index in [1.54, 1.807) is 6.07 Å². The van der Waals surface area contributed by atoms with Crippen LogP contribution < -0.4 is 5.32 Å². The van der Waals surface area contributed by atoms with Crippen LogP contribution in [0.15, 0.2) is 22.7 Å². The van der Waals surface area contributed by atoms with Gasteiger partial charge >= 0.3 is 0 Å². The van der Waals surface area contributed by atoms with Crippen molar-refractivity contribution >= 4 is 33.4 Å². The van der Waals surface area contributed by atoms with Gasteiger partial charge in [-0.2, -0.15) is 0 Å². The Morgan fingerprint density at radius 1 is 1.35 bits per heavy atom. The first-order valence-corrected chi connectivity index (χ1v) is 8.19. The predicted octanol–water partition coefficient (Wildman–Crippen LogP) is 4.51. The minimum absolute atomic E-state index is 0.00470. The molecular formula is C15H18BrClFNO. The molecule has 1 N–H and O–H groups in total. The molecule has 0 aromatic heterocycles. The molecule has 20 heavy (non-hydrogen) atoms. The second-order valence-electron chi connectivity index (χ2n) is 5.48. The standard InChI is InChI=1S/C15H18BrClFNO/c16-13-11(5-4-6-12(13)18)14(20)19-10-15(9-17)7-2-1-3-8-15/h4-6H,1-3,7-10H2,(H,19,20). The number of amides is 1. The molecule has 1 amide bonds. The fourth-order valence-corrected chi connectivity index (χ4v) is 3.51. The van der Waals surface area contributed by atoms with Gasteiger partial charge in [0, 0.05) is 17.8 Å². The quantitative estimate of drug-likeness (QED) is 0.785. The smallest absolute Gasteiger partial charge is 0.252 e. The lowest BCUT2D eigenvalue weighted by molar-refractivity contribution is 0.0919. The fourth-order valence-electron chi connectivity index (χ4n) is 2.70. The Bertz CT molecular complexity index is 489. The molecule has 110 valence electrons. The molecule has 1 aromatic carbocycles. The van der Waals surface area contributed by atoms with Gasteiger partial charge in [0.1, 0.15) is 5.82 Å². The van der Waals surface area contributed by atoms with Gasteiger partial charge in [-0.3, -0.25) is 4.79 Å². The van der Waals surface area contributed by atoms with Crippen LogP contribution in [0.4, 0.5) is 4.39 Å². The second-order valence-corrected chi connectivity index (χ2v) is 6.54. The van der Waals surface area contributed by atoms with E-state index in [4.69, 9.17) is 11.6 Å². The van der Waals surface area contributed by atoms with E-state index in [2.05, 4.69) is 21.2 Å². The van der Waals surface area contributed by atoms with E-state index >= 15 is 0 Å². The lowest BCUT2D eigenvalue weighted by Crippen LogP contribution is -2.40. The number of hydrogen-bond donors (Lipinski definition) is 1. The van der Waals surface area contributed by atoms with E-state index in [0.29, 0.717) is 18.0 Å². The van der Waals surface area contributed by atoms with Crippen LogP contribution in [0.25, 0.3) is 0 Å². The summed E-state index contributed by atoms with van der Waals surface area (Å²) in [5.41, 5.74) is 0.320. The molecule has 2 nitrogen and oxygen atoms in total. The average Bonchev–Trinajstić information content (AvgIpc) is 2.48. The molecule has 0 aliphatic heterocycles. The van der Waals surface area contributed by atoms with Gasteiger partial charge in [-0.15, -0.1) is 11.6 Å². The molecule has 5 heteroatoms. The average molecular weight is 363 g/mol. The summed E-state index contributed by atoms with van der Waals surface area (Å²) < 4.78 is 13.6. The number of halogens is 3. The highest BCUT2D eigenvalue weighted by molar-refractivity contribution is 9.10. The molecule has 0 unspecified atom stereocenters. The number of benzene rings is 1. The van der Waals surface area contributed by atoms with Crippen LogP contribution in [0.1, 0.15) is 42.5 Å². The Balaban J connectivity index is 2.02. The van der Waals surface area contributed by atoms with Gasteiger partial charge < -0.3 is 5.32 Å². The Labute approximate surface area is 132 Å². The lowest BCUT2D eigenvalue weighted by atomic mass is 9.75. The summed E-state index contributed by atoms with van der Waals surface area (Å²) in [6.45, 7) is 0.554. The SMILES string of the molecule is O=C(NCC1(CCl)CCCCC1)c1cccc(F)c1Br. The van der Waals surface area contributed by atoms with Crippen LogP contribution in [0.5, 0.6) is 0 Å². The maximum atomic E-state index is 13.4. The maximum absolute atomic E-state index is 13.4. The second kappa shape index (κ2) is 6.90. The van der Waals surface area contributed by atoms with Crippen LogP contribution in [-0.4, -0.2) is 18.3 Å². The maximum Gasteiger partial charge on any atom is 0.252 e. The number of alkyl halides is 1. The monoisotopic (exact) mass is 361 g/mol. The van der Waals surface area contributed by atoms with Gasteiger partial charge in [-0.1, -0.05) is 25.3 Å². The van der Waals surface area contributed by atoms with Gasteiger partial charge in [0.25, 0.3) is 5.91 Å². The first kappa shape index (κ1) is 15.8. The molecule has 2 rings (SSSR count). The van der Waals surface area contributed by atoms with Crippen molar-refractivity contribution < 1.29 is 9.18 Å². The highest BCUT2D eigenvalue weighted by Gasteiger charge is 2.31. The van der Waals surface area contributed by atoms with Gasteiger partial charge in [-0.25, -0.2) is 4.39 Å². The third-order valence-electron chi connectivity index (χ3n) is 4.02. The third kappa shape index (κ3) is 3.53. The summed E-state index contributed by atoms with van der Waals surface area (Å²) in [6.07, 6.45) is 5.64. The molecule has 0 saturated heterocycles. The van der Waals surface area contributed by atoms with E-state index in [0.717, 1.165) is 25.7 Å². The van der Waals surface area contributed by atoms with Crippen molar-refractivity contribution in [2.24, 2.45) is 5.41 Å². The minimum Gasteiger partial charge on any atom is -0.351 e. The van der Waals surface area contributed by atoms with Crippen molar-refractivity contribution in [3.63, 3.8) is 0 Å². The van der Waals surface area contributed by atoms with Gasteiger partial charge in [0.2, 0.25) is 0 Å². The normalized spacial score (nSPS) is 17.8. The van der Waals surface area contributed by atoms with E-state index in [9.17, 15) is 9.18 Å². The highest BCUT2D eigenvalue weighted by Crippen LogP contribution is 2.36. The molecule has 1 aliphatic rings. The minimum atomic E-state index is -0.428. The van der Waals surface area contributed by atoms with Gasteiger partial charge in [0.15, 0.2) is 0 Å². The molecule has 0 atom stereocenters. The van der Waals surface area contributed by atoms with Gasteiger partial charge in [0.05, 0.1) is 10.0 Å². The zero-order valence-electron chi connectivity index (χ0n) is 11.2. The first-order chi connectivity index (χ1) is 9.58. The summed E-state index contributed by atoms with van der Waals surface area (Å²) >= 11 is 9.22. The molecule has 1 aromatic rings. The van der Waals surface area contributed by atoms with Crippen LogP contribution in [0.2, 0.25) is 0 Å². The highest BCUT2D eigenvalue weighted by atomic mass is 79.9. The third-order valence-corrected chi connectivity index (χ3v) is 5.39. The Kier molecular flexibility index (Phi) is 5.44. The topological polar surface area (TPSA) is 29.1 Å². The number of rotatable bonds is 4.